The molecule has 0 saturated carbocycles. The Labute approximate surface area is 175 Å². The molecule has 0 aromatic heterocycles. The lowest BCUT2D eigenvalue weighted by Gasteiger charge is -2.29. The Bertz CT molecular complexity index is 791. The minimum absolute atomic E-state index is 0.0464. The topological polar surface area (TPSA) is 135 Å². The van der Waals surface area contributed by atoms with E-state index < -0.39 is 40.5 Å². The first-order valence-corrected chi connectivity index (χ1v) is 9.47. The van der Waals surface area contributed by atoms with Crippen LogP contribution >= 0.6 is 0 Å². The lowest BCUT2D eigenvalue weighted by Crippen LogP contribution is -2.52. The van der Waals surface area contributed by atoms with Crippen LogP contribution in [0.5, 0.6) is 0 Å². The van der Waals surface area contributed by atoms with E-state index in [4.69, 9.17) is 5.73 Å². The Morgan fingerprint density at radius 2 is 1.20 bits per heavy atom. The van der Waals surface area contributed by atoms with Crippen LogP contribution in [0.2, 0.25) is 0 Å². The number of imide groups is 2. The number of hydrogen-bond donors (Lipinski definition) is 1. The van der Waals surface area contributed by atoms with Crippen molar-refractivity contribution in [3.05, 3.63) is 24.3 Å². The van der Waals surface area contributed by atoms with E-state index in [0.717, 1.165) is 22.0 Å². The molecule has 0 aromatic rings. The van der Waals surface area contributed by atoms with Crippen LogP contribution < -0.4 is 5.73 Å². The molecule has 30 heavy (non-hydrogen) atoms. The molecule has 1 atom stereocenters. The summed E-state index contributed by atoms with van der Waals surface area (Å²) < 4.78 is 0. The van der Waals surface area contributed by atoms with Crippen LogP contribution in [0.1, 0.15) is 41.5 Å². The van der Waals surface area contributed by atoms with Gasteiger partial charge >= 0.3 is 0 Å². The lowest BCUT2D eigenvalue weighted by molar-refractivity contribution is -0.146. The van der Waals surface area contributed by atoms with Gasteiger partial charge in [0.25, 0.3) is 23.6 Å². The van der Waals surface area contributed by atoms with Crippen LogP contribution in [0.3, 0.4) is 0 Å². The number of amides is 4. The van der Waals surface area contributed by atoms with Crippen LogP contribution in [-0.2, 0) is 28.8 Å². The van der Waals surface area contributed by atoms with Gasteiger partial charge in [-0.2, -0.15) is 0 Å². The second-order valence-electron chi connectivity index (χ2n) is 9.01. The SMILES string of the molecule is CC(C)(C)C(=O)CN1C(=O)C=CC1=O.CC(C)(C)C(=O)[C@H](CN)N1C(=O)C=CC1=O. The summed E-state index contributed by atoms with van der Waals surface area (Å²) >= 11 is 0. The molecule has 164 valence electrons. The zero-order valence-electron chi connectivity index (χ0n) is 18.2. The third kappa shape index (κ3) is 6.03. The summed E-state index contributed by atoms with van der Waals surface area (Å²) in [5, 5.41) is 0. The van der Waals surface area contributed by atoms with Crippen LogP contribution in [-0.4, -0.2) is 64.1 Å². The summed E-state index contributed by atoms with van der Waals surface area (Å²) in [4.78, 5) is 70.5. The van der Waals surface area contributed by atoms with E-state index in [2.05, 4.69) is 0 Å². The second-order valence-corrected chi connectivity index (χ2v) is 9.01. The van der Waals surface area contributed by atoms with Crippen molar-refractivity contribution < 1.29 is 28.8 Å². The average Bonchev–Trinajstić information content (AvgIpc) is 3.11. The summed E-state index contributed by atoms with van der Waals surface area (Å²) in [5.74, 6) is -2.10. The molecule has 0 aromatic carbocycles. The molecule has 0 radical (unpaired) electrons. The predicted octanol–water partition coefficient (Wildman–Crippen LogP) is 0.381. The van der Waals surface area contributed by atoms with E-state index in [1.807, 2.05) is 0 Å². The Hall–Kier alpha value is -2.94. The Kier molecular flexibility index (Phi) is 7.74. The smallest absolute Gasteiger partial charge is 0.254 e. The van der Waals surface area contributed by atoms with Gasteiger partial charge < -0.3 is 5.73 Å². The van der Waals surface area contributed by atoms with Crippen molar-refractivity contribution in [2.45, 2.75) is 47.6 Å². The fraction of sp³-hybridized carbons (Fsp3) is 0.524. The van der Waals surface area contributed by atoms with Crippen LogP contribution in [0.15, 0.2) is 24.3 Å². The predicted molar refractivity (Wildman–Crippen MR) is 109 cm³/mol. The lowest BCUT2D eigenvalue weighted by atomic mass is 9.86. The Morgan fingerprint density at radius 3 is 1.53 bits per heavy atom. The van der Waals surface area contributed by atoms with Crippen LogP contribution in [0.25, 0.3) is 0 Å². The maximum atomic E-state index is 12.0. The van der Waals surface area contributed by atoms with E-state index in [-0.39, 0.29) is 24.7 Å². The molecule has 2 N–H and O–H groups in total. The van der Waals surface area contributed by atoms with Gasteiger partial charge in [0.1, 0.15) is 6.04 Å². The quantitative estimate of drug-likeness (QED) is 0.637. The molecule has 0 spiro atoms. The van der Waals surface area contributed by atoms with Crippen molar-refractivity contribution in [2.75, 3.05) is 13.1 Å². The number of rotatable bonds is 5. The van der Waals surface area contributed by atoms with E-state index >= 15 is 0 Å². The van der Waals surface area contributed by atoms with E-state index in [9.17, 15) is 28.8 Å². The molecule has 0 fully saturated rings. The number of ketones is 2. The number of carbonyl (C=O) groups excluding carboxylic acids is 6. The molecular formula is C21H29N3O6. The number of hydrogen-bond acceptors (Lipinski definition) is 7. The van der Waals surface area contributed by atoms with E-state index in [1.54, 1.807) is 41.5 Å². The Balaban J connectivity index is 0.000000303. The largest absolute Gasteiger partial charge is 0.328 e. The van der Waals surface area contributed by atoms with E-state index in [1.165, 1.54) is 12.2 Å². The fourth-order valence-corrected chi connectivity index (χ4v) is 2.52. The summed E-state index contributed by atoms with van der Waals surface area (Å²) in [6, 6.07) is -0.866. The minimum atomic E-state index is -0.866. The standard InChI is InChI=1S/C11H16N2O3.C10H13NO3/c1-11(2,3)10(16)7(6-12)13-8(14)4-5-9(13)15;1-10(2,3)7(12)6-11-8(13)4-5-9(11)14/h4-5,7H,6,12H2,1-3H3;4-5H,6H2,1-3H3/t7-;/m0./s1. The monoisotopic (exact) mass is 419 g/mol. The highest BCUT2D eigenvalue weighted by Crippen LogP contribution is 2.21. The zero-order chi connectivity index (χ0) is 23.4. The second kappa shape index (κ2) is 9.25. The van der Waals surface area contributed by atoms with Gasteiger partial charge in [-0.15, -0.1) is 0 Å². The summed E-state index contributed by atoms with van der Waals surface area (Å²) in [6.07, 6.45) is 4.67. The molecule has 2 heterocycles. The van der Waals surface area contributed by atoms with Crippen LogP contribution in [0, 0.1) is 10.8 Å². The first kappa shape index (κ1) is 25.1. The fourth-order valence-electron chi connectivity index (χ4n) is 2.52. The normalized spacial score (nSPS) is 17.4. The highest BCUT2D eigenvalue weighted by molar-refractivity contribution is 6.16. The molecule has 2 aliphatic heterocycles. The number of Topliss-reactive ketones (excluding diaryl/α,β-unsaturated/α-hetero) is 2. The molecule has 9 nitrogen and oxygen atoms in total. The van der Waals surface area contributed by atoms with Crippen molar-refractivity contribution in [1.82, 2.24) is 9.80 Å². The van der Waals surface area contributed by atoms with Crippen LogP contribution in [0.4, 0.5) is 0 Å². The van der Waals surface area contributed by atoms with Gasteiger partial charge in [0.15, 0.2) is 11.6 Å². The highest BCUT2D eigenvalue weighted by atomic mass is 16.2. The number of nitrogens with two attached hydrogens (primary N) is 1. The van der Waals surface area contributed by atoms with Crippen molar-refractivity contribution in [3.63, 3.8) is 0 Å². The maximum Gasteiger partial charge on any atom is 0.254 e. The summed E-state index contributed by atoms with van der Waals surface area (Å²) in [5.41, 5.74) is 4.32. The molecular weight excluding hydrogens is 390 g/mol. The molecule has 0 aliphatic carbocycles. The highest BCUT2D eigenvalue weighted by Gasteiger charge is 2.39. The molecule has 0 unspecified atom stereocenters. The van der Waals surface area contributed by atoms with Gasteiger partial charge in [-0.3, -0.25) is 38.6 Å². The Morgan fingerprint density at radius 1 is 0.800 bits per heavy atom. The molecule has 9 heteroatoms. The first-order valence-electron chi connectivity index (χ1n) is 9.47. The molecule has 2 aliphatic rings. The molecule has 0 saturated heterocycles. The molecule has 4 amide bonds. The van der Waals surface area contributed by atoms with Gasteiger partial charge in [-0.25, -0.2) is 0 Å². The van der Waals surface area contributed by atoms with Crippen molar-refractivity contribution >= 4 is 35.2 Å². The maximum absolute atomic E-state index is 12.0. The first-order chi connectivity index (χ1) is 13.6. The molecule has 0 bridgehead atoms. The van der Waals surface area contributed by atoms with Gasteiger partial charge in [0.05, 0.1) is 6.54 Å². The molecule has 2 rings (SSSR count). The minimum Gasteiger partial charge on any atom is -0.328 e. The van der Waals surface area contributed by atoms with Crippen molar-refractivity contribution in [3.8, 4) is 0 Å². The van der Waals surface area contributed by atoms with Gasteiger partial charge in [0, 0.05) is 41.7 Å². The number of nitrogens with zero attached hydrogens (tertiary/aromatic N) is 2. The third-order valence-corrected chi connectivity index (χ3v) is 4.46. The van der Waals surface area contributed by atoms with Gasteiger partial charge in [-0.05, 0) is 0 Å². The van der Waals surface area contributed by atoms with Gasteiger partial charge in [0.2, 0.25) is 0 Å². The summed E-state index contributed by atoms with van der Waals surface area (Å²) in [6.45, 7) is 10.3. The van der Waals surface area contributed by atoms with Crippen molar-refractivity contribution in [2.24, 2.45) is 16.6 Å². The van der Waals surface area contributed by atoms with E-state index in [0.29, 0.717) is 0 Å². The summed E-state index contributed by atoms with van der Waals surface area (Å²) in [7, 11) is 0. The third-order valence-electron chi connectivity index (χ3n) is 4.46. The average molecular weight is 419 g/mol. The van der Waals surface area contributed by atoms with Crippen molar-refractivity contribution in [1.29, 1.82) is 0 Å². The number of carbonyl (C=O) groups is 6. The zero-order valence-corrected chi connectivity index (χ0v) is 18.2. The van der Waals surface area contributed by atoms with Gasteiger partial charge in [-0.1, -0.05) is 41.5 Å².